The molecule has 2 rings (SSSR count). The smallest absolute Gasteiger partial charge is 0.274 e. The van der Waals surface area contributed by atoms with Crippen molar-refractivity contribution in [2.75, 3.05) is 13.1 Å². The van der Waals surface area contributed by atoms with Crippen molar-refractivity contribution in [1.29, 1.82) is 0 Å². The van der Waals surface area contributed by atoms with Crippen LogP contribution in [0.1, 0.15) is 30.3 Å². The van der Waals surface area contributed by atoms with Crippen LogP contribution in [0, 0.1) is 0 Å². The maximum Gasteiger partial charge on any atom is 0.274 e. The summed E-state index contributed by atoms with van der Waals surface area (Å²) in [5, 5.41) is 14.0. The molecule has 1 aromatic rings. The SMILES string of the molecule is CCCC1(O)CN(C(=O)c2ccn(C)n2)C1. The molecule has 0 aromatic carbocycles. The standard InChI is InChI=1S/C11H17N3O2/c1-3-5-11(16)7-14(8-11)10(15)9-4-6-13(2)12-9/h4,6,16H,3,5,7-8H2,1-2H3. The first-order valence-electron chi connectivity index (χ1n) is 5.55. The lowest BCUT2D eigenvalue weighted by Gasteiger charge is -2.46. The van der Waals surface area contributed by atoms with Crippen molar-refractivity contribution in [3.8, 4) is 0 Å². The van der Waals surface area contributed by atoms with Crippen molar-refractivity contribution in [2.45, 2.75) is 25.4 Å². The van der Waals surface area contributed by atoms with Gasteiger partial charge in [0, 0.05) is 13.2 Å². The third-order valence-electron chi connectivity index (χ3n) is 2.91. The lowest BCUT2D eigenvalue weighted by atomic mass is 9.89. The number of aliphatic hydroxyl groups is 1. The number of rotatable bonds is 3. The van der Waals surface area contributed by atoms with Gasteiger partial charge in [-0.25, -0.2) is 0 Å². The number of aromatic nitrogens is 2. The Kier molecular flexibility index (Phi) is 2.71. The summed E-state index contributed by atoms with van der Waals surface area (Å²) in [5.41, 5.74) is -0.222. The predicted octanol–water partition coefficient (Wildman–Crippen LogP) is 0.407. The molecular weight excluding hydrogens is 206 g/mol. The Morgan fingerprint density at radius 2 is 2.31 bits per heavy atom. The third kappa shape index (κ3) is 1.95. The van der Waals surface area contributed by atoms with Gasteiger partial charge >= 0.3 is 0 Å². The van der Waals surface area contributed by atoms with E-state index in [1.807, 2.05) is 6.92 Å². The fourth-order valence-corrected chi connectivity index (χ4v) is 2.12. The first kappa shape index (κ1) is 11.1. The van der Waals surface area contributed by atoms with Crippen molar-refractivity contribution in [3.05, 3.63) is 18.0 Å². The molecule has 1 fully saturated rings. The molecule has 88 valence electrons. The Bertz CT molecular complexity index is 394. The predicted molar refractivity (Wildman–Crippen MR) is 59.0 cm³/mol. The van der Waals surface area contributed by atoms with Crippen molar-refractivity contribution in [1.82, 2.24) is 14.7 Å². The highest BCUT2D eigenvalue weighted by molar-refractivity contribution is 5.92. The van der Waals surface area contributed by atoms with E-state index in [-0.39, 0.29) is 5.91 Å². The number of likely N-dealkylation sites (tertiary alicyclic amines) is 1. The van der Waals surface area contributed by atoms with Gasteiger partial charge in [0.25, 0.3) is 5.91 Å². The fourth-order valence-electron chi connectivity index (χ4n) is 2.12. The van der Waals surface area contributed by atoms with Crippen LogP contribution < -0.4 is 0 Å². The molecule has 0 saturated carbocycles. The van der Waals surface area contributed by atoms with Gasteiger partial charge in [0.1, 0.15) is 5.69 Å². The van der Waals surface area contributed by atoms with E-state index in [2.05, 4.69) is 5.10 Å². The second kappa shape index (κ2) is 3.90. The molecule has 1 N–H and O–H groups in total. The highest BCUT2D eigenvalue weighted by Gasteiger charge is 2.43. The number of carbonyl (C=O) groups excluding carboxylic acids is 1. The van der Waals surface area contributed by atoms with Crippen molar-refractivity contribution >= 4 is 5.91 Å². The second-order valence-corrected chi connectivity index (χ2v) is 4.51. The van der Waals surface area contributed by atoms with Crippen LogP contribution in [0.4, 0.5) is 0 Å². The van der Waals surface area contributed by atoms with Crippen molar-refractivity contribution in [3.63, 3.8) is 0 Å². The zero-order chi connectivity index (χ0) is 11.8. The number of nitrogens with zero attached hydrogens (tertiary/aromatic N) is 3. The monoisotopic (exact) mass is 223 g/mol. The quantitative estimate of drug-likeness (QED) is 0.807. The van der Waals surface area contributed by atoms with Gasteiger partial charge in [-0.2, -0.15) is 5.10 Å². The molecule has 1 aliphatic rings. The normalized spacial score (nSPS) is 18.3. The Morgan fingerprint density at radius 1 is 1.62 bits per heavy atom. The molecule has 0 radical (unpaired) electrons. The summed E-state index contributed by atoms with van der Waals surface area (Å²) in [7, 11) is 1.78. The van der Waals surface area contributed by atoms with Gasteiger partial charge in [0.15, 0.2) is 0 Å². The highest BCUT2D eigenvalue weighted by atomic mass is 16.3. The molecule has 16 heavy (non-hydrogen) atoms. The van der Waals surface area contributed by atoms with Crippen LogP contribution in [0.3, 0.4) is 0 Å². The topological polar surface area (TPSA) is 58.4 Å². The van der Waals surface area contributed by atoms with E-state index in [1.54, 1.807) is 28.9 Å². The van der Waals surface area contributed by atoms with E-state index in [0.717, 1.165) is 12.8 Å². The number of hydrogen-bond donors (Lipinski definition) is 1. The highest BCUT2D eigenvalue weighted by Crippen LogP contribution is 2.26. The van der Waals surface area contributed by atoms with Gasteiger partial charge in [-0.3, -0.25) is 9.48 Å². The molecular formula is C11H17N3O2. The first-order valence-corrected chi connectivity index (χ1v) is 5.55. The second-order valence-electron chi connectivity index (χ2n) is 4.51. The van der Waals surface area contributed by atoms with Gasteiger partial charge in [-0.1, -0.05) is 13.3 Å². The van der Waals surface area contributed by atoms with Crippen molar-refractivity contribution in [2.24, 2.45) is 7.05 Å². The summed E-state index contributed by atoms with van der Waals surface area (Å²) in [5.74, 6) is -0.0959. The first-order chi connectivity index (χ1) is 7.54. The molecule has 5 nitrogen and oxygen atoms in total. The maximum atomic E-state index is 11.9. The molecule has 0 atom stereocenters. The van der Waals surface area contributed by atoms with E-state index in [1.165, 1.54) is 0 Å². The Labute approximate surface area is 94.7 Å². The molecule has 2 heterocycles. The van der Waals surface area contributed by atoms with Crippen LogP contribution in [0.25, 0.3) is 0 Å². The summed E-state index contributed by atoms with van der Waals surface area (Å²) in [6.45, 7) is 2.88. The van der Waals surface area contributed by atoms with Gasteiger partial charge < -0.3 is 10.0 Å². The zero-order valence-corrected chi connectivity index (χ0v) is 9.68. The lowest BCUT2D eigenvalue weighted by Crippen LogP contribution is -2.63. The molecule has 1 aliphatic heterocycles. The Morgan fingerprint density at radius 3 is 2.81 bits per heavy atom. The van der Waals surface area contributed by atoms with Crippen LogP contribution >= 0.6 is 0 Å². The summed E-state index contributed by atoms with van der Waals surface area (Å²) in [4.78, 5) is 13.5. The third-order valence-corrected chi connectivity index (χ3v) is 2.91. The molecule has 0 unspecified atom stereocenters. The van der Waals surface area contributed by atoms with E-state index < -0.39 is 5.60 Å². The molecule has 0 spiro atoms. The van der Waals surface area contributed by atoms with E-state index in [4.69, 9.17) is 0 Å². The molecule has 0 bridgehead atoms. The van der Waals surface area contributed by atoms with Crippen LogP contribution in [0.5, 0.6) is 0 Å². The van der Waals surface area contributed by atoms with E-state index >= 15 is 0 Å². The molecule has 1 aromatic heterocycles. The van der Waals surface area contributed by atoms with Crippen LogP contribution in [-0.2, 0) is 7.05 Å². The fraction of sp³-hybridized carbons (Fsp3) is 0.636. The lowest BCUT2D eigenvalue weighted by molar-refractivity contribution is -0.0861. The zero-order valence-electron chi connectivity index (χ0n) is 9.68. The average Bonchev–Trinajstić information content (AvgIpc) is 2.60. The van der Waals surface area contributed by atoms with Crippen LogP contribution in [0.2, 0.25) is 0 Å². The number of hydrogen-bond acceptors (Lipinski definition) is 3. The maximum absolute atomic E-state index is 11.9. The summed E-state index contributed by atoms with van der Waals surface area (Å²) >= 11 is 0. The largest absolute Gasteiger partial charge is 0.386 e. The van der Waals surface area contributed by atoms with Crippen molar-refractivity contribution < 1.29 is 9.90 Å². The molecule has 0 aliphatic carbocycles. The summed E-state index contributed by atoms with van der Waals surface area (Å²) in [6.07, 6.45) is 3.42. The van der Waals surface area contributed by atoms with Gasteiger partial charge in [0.05, 0.1) is 18.7 Å². The summed E-state index contributed by atoms with van der Waals surface area (Å²) < 4.78 is 1.60. The Hall–Kier alpha value is -1.36. The van der Waals surface area contributed by atoms with Crippen LogP contribution in [-0.4, -0.2) is 44.4 Å². The molecule has 1 amide bonds. The van der Waals surface area contributed by atoms with E-state index in [0.29, 0.717) is 18.8 Å². The van der Waals surface area contributed by atoms with Gasteiger partial charge in [-0.15, -0.1) is 0 Å². The number of amides is 1. The average molecular weight is 223 g/mol. The van der Waals surface area contributed by atoms with E-state index in [9.17, 15) is 9.90 Å². The molecule has 5 heteroatoms. The van der Waals surface area contributed by atoms with Gasteiger partial charge in [-0.05, 0) is 12.5 Å². The Balaban J connectivity index is 1.95. The van der Waals surface area contributed by atoms with Crippen LogP contribution in [0.15, 0.2) is 12.3 Å². The number of β-amino-alcohol motifs (C(OH)–C–C–N with tert-alkyl or cyclic N) is 1. The number of carbonyl (C=O) groups is 1. The minimum Gasteiger partial charge on any atom is -0.386 e. The minimum atomic E-state index is -0.667. The minimum absolute atomic E-state index is 0.0959. The van der Waals surface area contributed by atoms with Gasteiger partial charge in [0.2, 0.25) is 0 Å². The summed E-state index contributed by atoms with van der Waals surface area (Å²) in [6, 6.07) is 1.69. The molecule has 1 saturated heterocycles. The number of aryl methyl sites for hydroxylation is 1.